The van der Waals surface area contributed by atoms with Crippen LogP contribution < -0.4 is 0 Å². The fourth-order valence-corrected chi connectivity index (χ4v) is 8.18. The van der Waals surface area contributed by atoms with Gasteiger partial charge in [0.2, 0.25) is 0 Å². The van der Waals surface area contributed by atoms with Gasteiger partial charge in [-0.3, -0.25) is 0 Å². The topological polar surface area (TPSA) is 0 Å². The first-order valence-corrected chi connectivity index (χ1v) is 14.9. The van der Waals surface area contributed by atoms with Gasteiger partial charge in [-0.25, -0.2) is 0 Å². The van der Waals surface area contributed by atoms with Crippen molar-refractivity contribution in [2.75, 3.05) is 0 Å². The van der Waals surface area contributed by atoms with Gasteiger partial charge in [0.25, 0.3) is 0 Å². The van der Waals surface area contributed by atoms with Gasteiger partial charge >= 0.3 is 0 Å². The molecule has 0 heteroatoms. The number of allylic oxidation sites excluding steroid dienone is 8. The van der Waals surface area contributed by atoms with Crippen LogP contribution in [0.5, 0.6) is 0 Å². The van der Waals surface area contributed by atoms with E-state index >= 15 is 0 Å². The molecule has 0 heterocycles. The first-order chi connectivity index (χ1) is 20.8. The van der Waals surface area contributed by atoms with Crippen molar-refractivity contribution in [2.45, 2.75) is 5.92 Å². The van der Waals surface area contributed by atoms with Gasteiger partial charge in [0, 0.05) is 11.8 Å². The molecule has 0 fully saturated rings. The van der Waals surface area contributed by atoms with Crippen molar-refractivity contribution in [1.29, 1.82) is 0 Å². The van der Waals surface area contributed by atoms with E-state index in [4.69, 9.17) is 0 Å². The third-order valence-electron chi connectivity index (χ3n) is 10.0. The molecule has 6 aromatic rings. The lowest BCUT2D eigenvalue weighted by Crippen LogP contribution is -2.14. The van der Waals surface area contributed by atoms with Gasteiger partial charge in [0.15, 0.2) is 0 Å². The fourth-order valence-electron chi connectivity index (χ4n) is 8.18. The number of rotatable bonds is 2. The third kappa shape index (κ3) is 2.91. The molecule has 194 valence electrons. The van der Waals surface area contributed by atoms with Crippen LogP contribution in [0.2, 0.25) is 0 Å². The van der Waals surface area contributed by atoms with Crippen LogP contribution in [0.15, 0.2) is 151 Å². The number of fused-ring (bicyclic) bond motifs is 7. The molecular formula is C42H26. The molecule has 2 unspecified atom stereocenters. The van der Waals surface area contributed by atoms with E-state index in [0.717, 1.165) is 0 Å². The Bertz CT molecular complexity index is 2270. The summed E-state index contributed by atoms with van der Waals surface area (Å²) in [6.45, 7) is 0. The summed E-state index contributed by atoms with van der Waals surface area (Å²) in [6, 6.07) is 43.1. The van der Waals surface area contributed by atoms with Crippen LogP contribution in [-0.2, 0) is 0 Å². The van der Waals surface area contributed by atoms with E-state index in [9.17, 15) is 0 Å². The Balaban J connectivity index is 1.11. The van der Waals surface area contributed by atoms with Gasteiger partial charge in [0.05, 0.1) is 0 Å². The van der Waals surface area contributed by atoms with Crippen LogP contribution in [0, 0.1) is 5.92 Å². The molecular weight excluding hydrogens is 504 g/mol. The molecule has 0 aliphatic heterocycles. The Morgan fingerprint density at radius 1 is 0.500 bits per heavy atom. The Hall–Kier alpha value is -5.20. The Morgan fingerprint density at radius 2 is 1.21 bits per heavy atom. The Labute approximate surface area is 245 Å². The van der Waals surface area contributed by atoms with Crippen LogP contribution in [0.4, 0.5) is 0 Å². The van der Waals surface area contributed by atoms with E-state index in [1.807, 2.05) is 0 Å². The lowest BCUT2D eigenvalue weighted by Gasteiger charge is -2.29. The maximum absolute atomic E-state index is 2.44. The SMILES string of the molecule is C1=CC2=C(c3ccc4ccc(-c5ccc6c7c(cccc57)-c5ccccc5-6)cc4c3)C=CC3c4ccccc4C(=C1)C23. The maximum Gasteiger partial charge on any atom is 0.0205 e. The molecule has 2 atom stereocenters. The maximum atomic E-state index is 2.44. The number of benzene rings is 6. The van der Waals surface area contributed by atoms with Gasteiger partial charge in [-0.05, 0) is 100 Å². The summed E-state index contributed by atoms with van der Waals surface area (Å²) in [5.41, 5.74) is 16.4. The van der Waals surface area contributed by atoms with Crippen molar-refractivity contribution in [3.8, 4) is 33.4 Å². The minimum absolute atomic E-state index is 0.409. The molecule has 0 aromatic heterocycles. The van der Waals surface area contributed by atoms with E-state index in [1.165, 1.54) is 88.3 Å². The highest BCUT2D eigenvalue weighted by atomic mass is 14.4. The van der Waals surface area contributed by atoms with Crippen LogP contribution in [-0.4, -0.2) is 0 Å². The highest BCUT2D eigenvalue weighted by Gasteiger charge is 2.40. The third-order valence-corrected chi connectivity index (χ3v) is 10.0. The van der Waals surface area contributed by atoms with Gasteiger partial charge in [-0.1, -0.05) is 134 Å². The zero-order valence-electron chi connectivity index (χ0n) is 23.0. The smallest absolute Gasteiger partial charge is 0.0205 e. The molecule has 0 amide bonds. The number of hydrogen-bond donors (Lipinski definition) is 0. The molecule has 0 bridgehead atoms. The molecule has 42 heavy (non-hydrogen) atoms. The monoisotopic (exact) mass is 530 g/mol. The zero-order valence-corrected chi connectivity index (χ0v) is 23.0. The largest absolute Gasteiger partial charge is 0.0754 e. The minimum Gasteiger partial charge on any atom is -0.0754 e. The quantitative estimate of drug-likeness (QED) is 0.208. The van der Waals surface area contributed by atoms with Crippen LogP contribution in [0.1, 0.15) is 22.6 Å². The summed E-state index contributed by atoms with van der Waals surface area (Å²) >= 11 is 0. The highest BCUT2D eigenvalue weighted by molar-refractivity contribution is 6.18. The highest BCUT2D eigenvalue weighted by Crippen LogP contribution is 2.55. The Morgan fingerprint density at radius 3 is 2.10 bits per heavy atom. The average molecular weight is 531 g/mol. The molecule has 0 spiro atoms. The van der Waals surface area contributed by atoms with Gasteiger partial charge < -0.3 is 0 Å². The molecule has 0 radical (unpaired) electrons. The molecule has 10 rings (SSSR count). The molecule has 4 aliphatic carbocycles. The summed E-state index contributed by atoms with van der Waals surface area (Å²) in [5.74, 6) is 0.838. The Kier molecular flexibility index (Phi) is 4.38. The van der Waals surface area contributed by atoms with Crippen molar-refractivity contribution in [3.05, 3.63) is 168 Å². The van der Waals surface area contributed by atoms with Gasteiger partial charge in [-0.15, -0.1) is 0 Å². The van der Waals surface area contributed by atoms with Crippen molar-refractivity contribution in [2.24, 2.45) is 5.92 Å². The molecule has 4 aliphatic rings. The molecule has 0 N–H and O–H groups in total. The van der Waals surface area contributed by atoms with Crippen molar-refractivity contribution in [1.82, 2.24) is 0 Å². The van der Waals surface area contributed by atoms with Gasteiger partial charge in [-0.2, -0.15) is 0 Å². The normalized spacial score (nSPS) is 18.8. The van der Waals surface area contributed by atoms with E-state index in [-0.39, 0.29) is 0 Å². The van der Waals surface area contributed by atoms with Crippen LogP contribution >= 0.6 is 0 Å². The molecule has 0 nitrogen and oxygen atoms in total. The van der Waals surface area contributed by atoms with Gasteiger partial charge in [0.1, 0.15) is 0 Å². The van der Waals surface area contributed by atoms with Crippen LogP contribution in [0.3, 0.4) is 0 Å². The predicted molar refractivity (Wildman–Crippen MR) is 177 cm³/mol. The summed E-state index contributed by atoms with van der Waals surface area (Å²) in [7, 11) is 0. The fraction of sp³-hybridized carbons (Fsp3) is 0.0476. The molecule has 0 saturated carbocycles. The average Bonchev–Trinajstić information content (AvgIpc) is 3.56. The van der Waals surface area contributed by atoms with Crippen molar-refractivity contribution < 1.29 is 0 Å². The summed E-state index contributed by atoms with van der Waals surface area (Å²) in [5, 5.41) is 5.27. The first kappa shape index (κ1) is 22.5. The lowest BCUT2D eigenvalue weighted by atomic mass is 9.74. The first-order valence-electron chi connectivity index (χ1n) is 14.9. The second-order valence-corrected chi connectivity index (χ2v) is 12.0. The lowest BCUT2D eigenvalue weighted by molar-refractivity contribution is 0.725. The van der Waals surface area contributed by atoms with E-state index in [0.29, 0.717) is 11.8 Å². The van der Waals surface area contributed by atoms with Crippen molar-refractivity contribution in [3.63, 3.8) is 0 Å². The molecule has 6 aromatic carbocycles. The summed E-state index contributed by atoms with van der Waals surface area (Å²) < 4.78 is 0. The standard InChI is InChI=1S/C42H26/c1-3-9-33-31(7-1)37-13-5-11-35-29(19-21-39(33)41(35)37)26-17-15-25-16-18-27(24-28(25)23-26)30-20-22-40-34-10-4-2-8-32(34)38-14-6-12-36(30)42(38)40/h1-24,39,41H. The minimum atomic E-state index is 0.409. The van der Waals surface area contributed by atoms with E-state index < -0.39 is 0 Å². The van der Waals surface area contributed by atoms with E-state index in [2.05, 4.69) is 146 Å². The second kappa shape index (κ2) is 8.18. The van der Waals surface area contributed by atoms with Crippen LogP contribution in [0.25, 0.3) is 66.1 Å². The van der Waals surface area contributed by atoms with E-state index in [1.54, 1.807) is 0 Å². The predicted octanol–water partition coefficient (Wildman–Crippen LogP) is 11.0. The number of hydrogen-bond acceptors (Lipinski definition) is 0. The molecule has 0 saturated heterocycles. The summed E-state index contributed by atoms with van der Waals surface area (Å²) in [4.78, 5) is 0. The summed E-state index contributed by atoms with van der Waals surface area (Å²) in [6.07, 6.45) is 11.7. The second-order valence-electron chi connectivity index (χ2n) is 12.0. The zero-order chi connectivity index (χ0) is 27.4. The van der Waals surface area contributed by atoms with Crippen molar-refractivity contribution >= 4 is 32.7 Å².